The summed E-state index contributed by atoms with van der Waals surface area (Å²) in [5, 5.41) is 3.63. The monoisotopic (exact) mass is 335 g/mol. The van der Waals surface area contributed by atoms with E-state index in [4.69, 9.17) is 10.9 Å². The van der Waals surface area contributed by atoms with Gasteiger partial charge < -0.3 is 5.73 Å². The summed E-state index contributed by atoms with van der Waals surface area (Å²) in [6.45, 7) is 3.75. The Labute approximate surface area is 125 Å². The summed E-state index contributed by atoms with van der Waals surface area (Å²) in [5.41, 5.74) is 6.52. The van der Waals surface area contributed by atoms with Gasteiger partial charge in [-0.2, -0.15) is 4.72 Å². The predicted octanol–water partition coefficient (Wildman–Crippen LogP) is 0.00780. The fourth-order valence-electron chi connectivity index (χ4n) is 1.80. The molecule has 0 aliphatic rings. The summed E-state index contributed by atoms with van der Waals surface area (Å²) in [5.74, 6) is -0.317. The van der Waals surface area contributed by atoms with Crippen LogP contribution in [0, 0.1) is 5.92 Å². The minimum absolute atomic E-state index is 0.136. The van der Waals surface area contributed by atoms with Crippen LogP contribution in [0.3, 0.4) is 0 Å². The average Bonchev–Trinajstić information content (AvgIpc) is 2.33. The molecular weight excluding hydrogens is 314 g/mol. The van der Waals surface area contributed by atoms with Crippen molar-refractivity contribution in [2.75, 3.05) is 5.75 Å². The Morgan fingerprint density at radius 3 is 2.00 bits per heavy atom. The van der Waals surface area contributed by atoms with Crippen LogP contribution in [-0.4, -0.2) is 22.6 Å². The van der Waals surface area contributed by atoms with Crippen LogP contribution in [0.5, 0.6) is 0 Å². The number of sulfonamides is 2. The average molecular weight is 335 g/mol. The number of benzene rings is 1. The first-order chi connectivity index (χ1) is 9.55. The zero-order valence-corrected chi connectivity index (χ0v) is 13.6. The van der Waals surface area contributed by atoms with Gasteiger partial charge in [0.1, 0.15) is 0 Å². The zero-order valence-electron chi connectivity index (χ0n) is 12.0. The van der Waals surface area contributed by atoms with E-state index in [1.54, 1.807) is 26.0 Å². The molecule has 1 atom stereocenters. The third-order valence-corrected chi connectivity index (χ3v) is 5.58. The van der Waals surface area contributed by atoms with Gasteiger partial charge in [-0.3, -0.25) is 0 Å². The lowest BCUT2D eigenvalue weighted by atomic mass is 10.1. The normalized spacial score (nSPS) is 14.3. The van der Waals surface area contributed by atoms with Crippen LogP contribution in [0.15, 0.2) is 24.3 Å². The maximum Gasteiger partial charge on any atom is 0.230 e. The summed E-state index contributed by atoms with van der Waals surface area (Å²) < 4.78 is 49.4. The Kier molecular flexibility index (Phi) is 5.88. The first kappa shape index (κ1) is 18.1. The molecule has 0 spiro atoms. The quantitative estimate of drug-likeness (QED) is 0.645. The van der Waals surface area contributed by atoms with Gasteiger partial charge in [-0.25, -0.2) is 22.0 Å². The van der Waals surface area contributed by atoms with E-state index < -0.39 is 25.4 Å². The largest absolute Gasteiger partial charge is 0.326 e. The van der Waals surface area contributed by atoms with Gasteiger partial charge in [-0.1, -0.05) is 38.1 Å². The van der Waals surface area contributed by atoms with Crippen LogP contribution in [0.25, 0.3) is 0 Å². The molecule has 1 aromatic carbocycles. The number of hydrogen-bond acceptors (Lipinski definition) is 5. The first-order valence-corrected chi connectivity index (χ1v) is 9.62. The van der Waals surface area contributed by atoms with E-state index >= 15 is 0 Å². The molecule has 0 saturated carbocycles. The fourth-order valence-corrected chi connectivity index (χ4v) is 4.75. The molecule has 0 fully saturated rings. The van der Waals surface area contributed by atoms with Crippen molar-refractivity contribution < 1.29 is 16.8 Å². The number of nitrogens with two attached hydrogens (primary N) is 2. The number of hydrogen-bond donors (Lipinski definition) is 3. The second-order valence-corrected chi connectivity index (χ2v) is 8.66. The van der Waals surface area contributed by atoms with E-state index in [1.807, 2.05) is 0 Å². The lowest BCUT2D eigenvalue weighted by Gasteiger charge is -2.18. The summed E-state index contributed by atoms with van der Waals surface area (Å²) in [7, 11) is -7.89. The molecule has 1 aromatic rings. The number of rotatable bonds is 7. The van der Waals surface area contributed by atoms with Crippen molar-refractivity contribution in [3.63, 3.8) is 0 Å². The van der Waals surface area contributed by atoms with Crippen molar-refractivity contribution >= 4 is 20.0 Å². The summed E-state index contributed by atoms with van der Waals surface area (Å²) in [6.07, 6.45) is 0. The first-order valence-electron chi connectivity index (χ1n) is 6.35. The maximum atomic E-state index is 11.9. The van der Waals surface area contributed by atoms with Crippen LogP contribution in [0.2, 0.25) is 0 Å². The number of nitrogens with one attached hydrogen (secondary N) is 1. The minimum Gasteiger partial charge on any atom is -0.326 e. The molecule has 0 aromatic heterocycles. The summed E-state index contributed by atoms with van der Waals surface area (Å²) in [4.78, 5) is 0. The van der Waals surface area contributed by atoms with E-state index in [1.165, 1.54) is 12.1 Å². The second kappa shape index (κ2) is 6.84. The van der Waals surface area contributed by atoms with Crippen LogP contribution >= 0.6 is 0 Å². The fraction of sp³-hybridized carbons (Fsp3) is 0.500. The lowest BCUT2D eigenvalue weighted by Crippen LogP contribution is -2.39. The Morgan fingerprint density at radius 2 is 1.62 bits per heavy atom. The van der Waals surface area contributed by atoms with Crippen LogP contribution in [0.1, 0.15) is 30.3 Å². The molecule has 9 heteroatoms. The van der Waals surface area contributed by atoms with Crippen molar-refractivity contribution in [3.8, 4) is 0 Å². The molecule has 7 nitrogen and oxygen atoms in total. The molecule has 0 heterocycles. The van der Waals surface area contributed by atoms with Crippen molar-refractivity contribution in [1.29, 1.82) is 0 Å². The second-order valence-electron chi connectivity index (χ2n) is 5.21. The predicted molar refractivity (Wildman–Crippen MR) is 81.9 cm³/mol. The van der Waals surface area contributed by atoms with Crippen LogP contribution in [-0.2, 0) is 26.6 Å². The van der Waals surface area contributed by atoms with Crippen LogP contribution in [0.4, 0.5) is 0 Å². The summed E-state index contributed by atoms with van der Waals surface area (Å²) in [6, 6.07) is 6.25. The molecule has 0 aliphatic heterocycles. The molecule has 1 unspecified atom stereocenters. The molecule has 21 heavy (non-hydrogen) atoms. The molecular formula is C12H21N3O4S2. The topological polar surface area (TPSA) is 132 Å². The SMILES string of the molecule is CC(C)CS(=O)(=O)NC(c1ccc(CN)cc1)S(N)(=O)=O. The van der Waals surface area contributed by atoms with Crippen LogP contribution < -0.4 is 15.6 Å². The van der Waals surface area contributed by atoms with E-state index in [0.717, 1.165) is 5.56 Å². The standard InChI is InChI=1S/C12H21N3O4S2/c1-9(2)8-20(16,17)15-12(21(14,18)19)11-5-3-10(7-13)4-6-11/h3-6,9,12,15H,7-8,13H2,1-2H3,(H2,14,18,19). The molecule has 120 valence electrons. The van der Waals surface area contributed by atoms with Gasteiger partial charge in [0.05, 0.1) is 5.75 Å². The Morgan fingerprint density at radius 1 is 1.10 bits per heavy atom. The molecule has 1 rings (SSSR count). The third kappa shape index (κ3) is 5.71. The molecule has 0 radical (unpaired) electrons. The van der Waals surface area contributed by atoms with E-state index in [2.05, 4.69) is 4.72 Å². The van der Waals surface area contributed by atoms with Crippen molar-refractivity contribution in [2.24, 2.45) is 16.8 Å². The lowest BCUT2D eigenvalue weighted by molar-refractivity contribution is 0.550. The Bertz CT molecular complexity index is 667. The van der Waals surface area contributed by atoms with Gasteiger partial charge in [0.15, 0.2) is 5.37 Å². The molecule has 5 N–H and O–H groups in total. The Hall–Kier alpha value is -1.00. The van der Waals surface area contributed by atoms with Gasteiger partial charge in [0, 0.05) is 6.54 Å². The molecule has 0 amide bonds. The maximum absolute atomic E-state index is 11.9. The molecule has 0 bridgehead atoms. The minimum atomic E-state index is -4.13. The zero-order chi connectivity index (χ0) is 16.3. The molecule has 0 saturated heterocycles. The van der Waals surface area contributed by atoms with Gasteiger partial charge in [0.25, 0.3) is 0 Å². The summed E-state index contributed by atoms with van der Waals surface area (Å²) >= 11 is 0. The number of primary sulfonamides is 1. The Balaban J connectivity index is 3.13. The van der Waals surface area contributed by atoms with Gasteiger partial charge >= 0.3 is 0 Å². The van der Waals surface area contributed by atoms with Gasteiger partial charge in [-0.05, 0) is 17.0 Å². The van der Waals surface area contributed by atoms with Gasteiger partial charge in [-0.15, -0.1) is 0 Å². The third-order valence-electron chi connectivity index (χ3n) is 2.69. The van der Waals surface area contributed by atoms with Crippen molar-refractivity contribution in [1.82, 2.24) is 4.72 Å². The van der Waals surface area contributed by atoms with E-state index in [9.17, 15) is 16.8 Å². The van der Waals surface area contributed by atoms with Crippen molar-refractivity contribution in [2.45, 2.75) is 25.8 Å². The van der Waals surface area contributed by atoms with E-state index in [-0.39, 0.29) is 17.2 Å². The highest BCUT2D eigenvalue weighted by Crippen LogP contribution is 2.19. The highest BCUT2D eigenvalue weighted by Gasteiger charge is 2.29. The van der Waals surface area contributed by atoms with Crippen molar-refractivity contribution in [3.05, 3.63) is 35.4 Å². The molecule has 0 aliphatic carbocycles. The van der Waals surface area contributed by atoms with Gasteiger partial charge in [0.2, 0.25) is 20.0 Å². The highest BCUT2D eigenvalue weighted by molar-refractivity contribution is 7.92. The van der Waals surface area contributed by atoms with E-state index in [0.29, 0.717) is 6.54 Å². The smallest absolute Gasteiger partial charge is 0.230 e. The highest BCUT2D eigenvalue weighted by atomic mass is 32.2.